The molecule has 2 heterocycles. The second kappa shape index (κ2) is 7.75. The molecule has 0 saturated heterocycles. The first-order valence-electron chi connectivity index (χ1n) is 9.09. The summed E-state index contributed by atoms with van der Waals surface area (Å²) in [5.41, 5.74) is 1.53. The molecular formula is C20H21N3O4. The first-order chi connectivity index (χ1) is 13.2. The van der Waals surface area contributed by atoms with Crippen molar-refractivity contribution < 1.29 is 19.1 Å². The normalized spacial score (nSPS) is 19.9. The molecule has 0 radical (unpaired) electrons. The molecular weight excluding hydrogens is 346 g/mol. The van der Waals surface area contributed by atoms with E-state index in [0.717, 1.165) is 48.2 Å². The molecule has 1 fully saturated rings. The molecule has 1 saturated carbocycles. The Bertz CT molecular complexity index is 925. The van der Waals surface area contributed by atoms with Gasteiger partial charge in [-0.3, -0.25) is 0 Å². The van der Waals surface area contributed by atoms with Crippen molar-refractivity contribution >= 4 is 22.9 Å². The third kappa shape index (κ3) is 4.09. The van der Waals surface area contributed by atoms with Crippen LogP contribution in [0.4, 0.5) is 5.82 Å². The number of anilines is 1. The number of carbonyl (C=O) groups is 1. The zero-order valence-corrected chi connectivity index (χ0v) is 14.8. The topological polar surface area (TPSA) is 97.5 Å². The number of benzene rings is 1. The molecule has 0 aliphatic heterocycles. The van der Waals surface area contributed by atoms with Gasteiger partial charge in [-0.15, -0.1) is 0 Å². The van der Waals surface area contributed by atoms with E-state index in [1.807, 2.05) is 36.4 Å². The van der Waals surface area contributed by atoms with Crippen molar-refractivity contribution in [3.05, 3.63) is 42.7 Å². The molecule has 2 aromatic heterocycles. The van der Waals surface area contributed by atoms with Gasteiger partial charge in [0.2, 0.25) is 5.71 Å². The summed E-state index contributed by atoms with van der Waals surface area (Å²) >= 11 is 0. The highest BCUT2D eigenvalue weighted by Crippen LogP contribution is 2.31. The third-order valence-corrected chi connectivity index (χ3v) is 4.80. The molecule has 1 aromatic carbocycles. The van der Waals surface area contributed by atoms with Crippen LogP contribution in [0.1, 0.15) is 25.7 Å². The first-order valence-corrected chi connectivity index (χ1v) is 9.09. The van der Waals surface area contributed by atoms with E-state index in [-0.39, 0.29) is 18.8 Å². The summed E-state index contributed by atoms with van der Waals surface area (Å²) in [6, 6.07) is 12.0. The van der Waals surface area contributed by atoms with E-state index < -0.39 is 5.97 Å². The Kier molecular flexibility index (Phi) is 5.02. The fourth-order valence-corrected chi connectivity index (χ4v) is 3.53. The summed E-state index contributed by atoms with van der Waals surface area (Å²) in [4.78, 5) is 19.3. The van der Waals surface area contributed by atoms with Crippen LogP contribution in [0.25, 0.3) is 22.4 Å². The van der Waals surface area contributed by atoms with Crippen molar-refractivity contribution in [3.63, 3.8) is 0 Å². The van der Waals surface area contributed by atoms with Crippen LogP contribution in [-0.4, -0.2) is 39.8 Å². The molecule has 3 aromatic rings. The summed E-state index contributed by atoms with van der Waals surface area (Å²) in [6.07, 6.45) is 5.05. The zero-order valence-electron chi connectivity index (χ0n) is 14.8. The van der Waals surface area contributed by atoms with E-state index in [1.165, 1.54) is 6.33 Å². The van der Waals surface area contributed by atoms with Gasteiger partial charge in [0.05, 0.1) is 11.5 Å². The van der Waals surface area contributed by atoms with E-state index in [1.54, 1.807) is 0 Å². The quantitative estimate of drug-likeness (QED) is 0.685. The second-order valence-corrected chi connectivity index (χ2v) is 6.75. The maximum atomic E-state index is 10.7. The van der Waals surface area contributed by atoms with Gasteiger partial charge in [-0.1, -0.05) is 30.3 Å². The van der Waals surface area contributed by atoms with Gasteiger partial charge in [0.15, 0.2) is 0 Å². The molecule has 1 aliphatic carbocycles. The minimum absolute atomic E-state index is 0.0473. The van der Waals surface area contributed by atoms with E-state index in [0.29, 0.717) is 5.71 Å². The summed E-state index contributed by atoms with van der Waals surface area (Å²) in [5, 5.41) is 13.1. The van der Waals surface area contributed by atoms with Gasteiger partial charge >= 0.3 is 5.97 Å². The van der Waals surface area contributed by atoms with Crippen LogP contribution in [0.5, 0.6) is 0 Å². The highest BCUT2D eigenvalue weighted by Gasteiger charge is 2.24. The first kappa shape index (κ1) is 17.5. The van der Waals surface area contributed by atoms with Crippen molar-refractivity contribution in [2.45, 2.75) is 37.8 Å². The van der Waals surface area contributed by atoms with Gasteiger partial charge in [0.1, 0.15) is 24.5 Å². The Labute approximate surface area is 156 Å². The molecule has 1 aliphatic rings. The summed E-state index contributed by atoms with van der Waals surface area (Å²) in [6.45, 7) is -0.253. The SMILES string of the molecule is O=C(O)COC1CCCC(Nc2ncnc3oc(-c4ccccc4)cc23)C1. The summed E-state index contributed by atoms with van der Waals surface area (Å²) < 4.78 is 11.4. The van der Waals surface area contributed by atoms with Crippen LogP contribution in [-0.2, 0) is 9.53 Å². The van der Waals surface area contributed by atoms with E-state index in [4.69, 9.17) is 14.3 Å². The zero-order chi connectivity index (χ0) is 18.6. The average molecular weight is 367 g/mol. The van der Waals surface area contributed by atoms with E-state index in [9.17, 15) is 4.79 Å². The van der Waals surface area contributed by atoms with Crippen LogP contribution < -0.4 is 5.32 Å². The maximum absolute atomic E-state index is 10.7. The number of carboxylic acid groups (broad SMARTS) is 1. The molecule has 0 bridgehead atoms. The third-order valence-electron chi connectivity index (χ3n) is 4.80. The van der Waals surface area contributed by atoms with Crippen LogP contribution in [0, 0.1) is 0 Å². The Morgan fingerprint density at radius 3 is 2.93 bits per heavy atom. The van der Waals surface area contributed by atoms with Crippen LogP contribution in [0.2, 0.25) is 0 Å². The fraction of sp³-hybridized carbons (Fsp3) is 0.350. The minimum atomic E-state index is -0.936. The summed E-state index contributed by atoms with van der Waals surface area (Å²) in [7, 11) is 0. The second-order valence-electron chi connectivity index (χ2n) is 6.75. The van der Waals surface area contributed by atoms with E-state index in [2.05, 4.69) is 15.3 Å². The predicted molar refractivity (Wildman–Crippen MR) is 100 cm³/mol. The Morgan fingerprint density at radius 2 is 2.11 bits per heavy atom. The van der Waals surface area contributed by atoms with Crippen LogP contribution >= 0.6 is 0 Å². The Balaban J connectivity index is 1.52. The highest BCUT2D eigenvalue weighted by atomic mass is 16.5. The highest BCUT2D eigenvalue weighted by molar-refractivity contribution is 5.89. The monoisotopic (exact) mass is 367 g/mol. The number of furan rings is 1. The Morgan fingerprint density at radius 1 is 1.26 bits per heavy atom. The van der Waals surface area contributed by atoms with Gasteiger partial charge in [-0.2, -0.15) is 0 Å². The number of rotatable bonds is 6. The Hall–Kier alpha value is -2.93. The smallest absolute Gasteiger partial charge is 0.329 e. The molecule has 0 amide bonds. The van der Waals surface area contributed by atoms with Crippen LogP contribution in [0.3, 0.4) is 0 Å². The summed E-state index contributed by atoms with van der Waals surface area (Å²) in [5.74, 6) is 0.546. The molecule has 2 N–H and O–H groups in total. The van der Waals surface area contributed by atoms with Crippen molar-refractivity contribution in [1.29, 1.82) is 0 Å². The number of aliphatic carboxylic acids is 1. The lowest BCUT2D eigenvalue weighted by Gasteiger charge is -2.29. The van der Waals surface area contributed by atoms with Gasteiger partial charge in [-0.25, -0.2) is 14.8 Å². The molecule has 7 nitrogen and oxygen atoms in total. The number of nitrogens with one attached hydrogen (secondary N) is 1. The van der Waals surface area contributed by atoms with E-state index >= 15 is 0 Å². The van der Waals surface area contributed by atoms with Crippen molar-refractivity contribution in [2.75, 3.05) is 11.9 Å². The number of hydrogen-bond donors (Lipinski definition) is 2. The lowest BCUT2D eigenvalue weighted by molar-refractivity contribution is -0.145. The lowest BCUT2D eigenvalue weighted by Crippen LogP contribution is -2.33. The van der Waals surface area contributed by atoms with Crippen LogP contribution in [0.15, 0.2) is 47.1 Å². The number of carboxylic acids is 1. The number of aromatic nitrogens is 2. The largest absolute Gasteiger partial charge is 0.480 e. The molecule has 140 valence electrons. The molecule has 2 atom stereocenters. The number of nitrogens with zero attached hydrogens (tertiary/aromatic N) is 2. The van der Waals surface area contributed by atoms with Gasteiger partial charge in [0.25, 0.3) is 0 Å². The number of hydrogen-bond acceptors (Lipinski definition) is 6. The standard InChI is InChI=1S/C20H21N3O4/c24-18(25)11-26-15-8-4-7-14(9-15)23-19-16-10-17(13-5-2-1-3-6-13)27-20(16)22-12-21-19/h1-3,5-6,10,12,14-15H,4,7-9,11H2,(H,24,25)(H,21,22,23). The van der Waals surface area contributed by atoms with Crippen molar-refractivity contribution in [1.82, 2.24) is 9.97 Å². The minimum Gasteiger partial charge on any atom is -0.480 e. The number of ether oxygens (including phenoxy) is 1. The maximum Gasteiger partial charge on any atom is 0.329 e. The van der Waals surface area contributed by atoms with Crippen molar-refractivity contribution in [3.8, 4) is 11.3 Å². The lowest BCUT2D eigenvalue weighted by atomic mass is 9.93. The molecule has 7 heteroatoms. The van der Waals surface area contributed by atoms with Gasteiger partial charge < -0.3 is 19.6 Å². The molecule has 4 rings (SSSR count). The number of fused-ring (bicyclic) bond motifs is 1. The van der Waals surface area contributed by atoms with Crippen molar-refractivity contribution in [2.24, 2.45) is 0 Å². The average Bonchev–Trinajstić information content (AvgIpc) is 3.13. The van der Waals surface area contributed by atoms with Gasteiger partial charge in [0, 0.05) is 11.6 Å². The molecule has 0 spiro atoms. The molecule has 2 unspecified atom stereocenters. The predicted octanol–water partition coefficient (Wildman–Crippen LogP) is 3.71. The van der Waals surface area contributed by atoms with Gasteiger partial charge in [-0.05, 0) is 31.7 Å². The fourth-order valence-electron chi connectivity index (χ4n) is 3.53. The molecule has 27 heavy (non-hydrogen) atoms.